The highest BCUT2D eigenvalue weighted by molar-refractivity contribution is 6.74. The largest absolute Gasteiger partial charge is 0.414 e. The molecule has 1 aliphatic rings. The molecule has 1 aromatic carbocycles. The Hall–Kier alpha value is -0.983. The highest BCUT2D eigenvalue weighted by Crippen LogP contribution is 2.37. The molecule has 0 aromatic heterocycles. The maximum Gasteiger partial charge on any atom is 0.192 e. The smallest absolute Gasteiger partial charge is 0.192 e. The Balaban J connectivity index is 2.05. The molecule has 0 amide bonds. The first-order valence-corrected chi connectivity index (χ1v) is 12.2. The summed E-state index contributed by atoms with van der Waals surface area (Å²) in [7, 11) is -1.92. The second-order valence-corrected chi connectivity index (χ2v) is 13.8. The average Bonchev–Trinajstić information content (AvgIpc) is 2.85. The summed E-state index contributed by atoms with van der Waals surface area (Å²) in [4.78, 5) is 0. The van der Waals surface area contributed by atoms with E-state index in [0.29, 0.717) is 0 Å². The van der Waals surface area contributed by atoms with Gasteiger partial charge < -0.3 is 19.0 Å². The van der Waals surface area contributed by atoms with Gasteiger partial charge in [-0.25, -0.2) is 0 Å². The van der Waals surface area contributed by atoms with E-state index >= 15 is 0 Å². The highest BCUT2D eigenvalue weighted by Gasteiger charge is 2.45. The lowest BCUT2D eigenvalue weighted by atomic mass is 10.1. The van der Waals surface area contributed by atoms with Gasteiger partial charge in [0.1, 0.15) is 18.3 Å². The fourth-order valence-corrected chi connectivity index (χ4v) is 3.66. The number of benzene rings is 1. The van der Waals surface area contributed by atoms with Gasteiger partial charge in [0, 0.05) is 0 Å². The van der Waals surface area contributed by atoms with E-state index in [1.165, 1.54) is 0 Å². The fourth-order valence-electron chi connectivity index (χ4n) is 2.64. The molecule has 1 aromatic rings. The van der Waals surface area contributed by atoms with Crippen LogP contribution in [0.5, 0.6) is 0 Å². The van der Waals surface area contributed by atoms with E-state index in [-0.39, 0.29) is 17.7 Å². The third-order valence-electron chi connectivity index (χ3n) is 5.24. The van der Waals surface area contributed by atoms with Crippen LogP contribution in [-0.2, 0) is 13.9 Å². The van der Waals surface area contributed by atoms with Gasteiger partial charge in [-0.15, -0.1) is 0 Å². The lowest BCUT2D eigenvalue weighted by molar-refractivity contribution is -0.155. The minimum atomic E-state index is -1.92. The van der Waals surface area contributed by atoms with Gasteiger partial charge in [-0.3, -0.25) is 0 Å². The molecule has 1 N–H and O–H groups in total. The van der Waals surface area contributed by atoms with Crippen molar-refractivity contribution in [3.63, 3.8) is 0 Å². The van der Waals surface area contributed by atoms with Crippen LogP contribution in [-0.4, -0.2) is 44.1 Å². The van der Waals surface area contributed by atoms with Crippen LogP contribution in [0.1, 0.15) is 40.2 Å². The molecule has 0 radical (unpaired) electrons. The summed E-state index contributed by atoms with van der Waals surface area (Å²) >= 11 is 0. The summed E-state index contributed by atoms with van der Waals surface area (Å²) < 4.78 is 18.1. The molecule has 2 rings (SSSR count). The predicted molar refractivity (Wildman–Crippen MR) is 108 cm³/mol. The van der Waals surface area contributed by atoms with Crippen LogP contribution < -0.4 is 0 Å². The second kappa shape index (κ2) is 7.95. The van der Waals surface area contributed by atoms with E-state index in [1.54, 1.807) is 0 Å². The summed E-state index contributed by atoms with van der Waals surface area (Å²) in [5.41, 5.74) is 1.09. The van der Waals surface area contributed by atoms with E-state index < -0.39 is 26.3 Å². The van der Waals surface area contributed by atoms with E-state index in [9.17, 15) is 5.11 Å². The van der Waals surface area contributed by atoms with Crippen LogP contribution in [0.3, 0.4) is 0 Å². The van der Waals surface area contributed by atoms with Crippen LogP contribution in [0.2, 0.25) is 18.1 Å². The fraction of sp³-hybridized carbons (Fsp3) is 0.619. The van der Waals surface area contributed by atoms with E-state index in [4.69, 9.17) is 13.9 Å². The van der Waals surface area contributed by atoms with Gasteiger partial charge >= 0.3 is 0 Å². The third kappa shape index (κ3) is 5.51. The van der Waals surface area contributed by atoms with Crippen molar-refractivity contribution in [3.8, 4) is 0 Å². The van der Waals surface area contributed by atoms with Crippen molar-refractivity contribution in [2.45, 2.75) is 76.8 Å². The number of rotatable bonds is 6. The van der Waals surface area contributed by atoms with Crippen LogP contribution in [0.15, 0.2) is 36.4 Å². The summed E-state index contributed by atoms with van der Waals surface area (Å²) in [5.74, 6) is -0.728. The van der Waals surface area contributed by atoms with E-state index in [2.05, 4.69) is 33.9 Å². The standard InChI is InChI=1S/C21H34O4Si/c1-20(2,3)26(6,7)23-15-17(22)19-18(24-21(4,5)25-19)14-13-16-11-9-8-10-12-16/h8-14,17-19,22H,15H2,1-7H3/b14-13-/t17-,18-,19-/m1/s1. The van der Waals surface area contributed by atoms with Gasteiger partial charge in [-0.05, 0) is 37.5 Å². The summed E-state index contributed by atoms with van der Waals surface area (Å²) in [5, 5.41) is 10.8. The van der Waals surface area contributed by atoms with Gasteiger partial charge in [0.15, 0.2) is 14.1 Å². The van der Waals surface area contributed by atoms with Crippen molar-refractivity contribution in [1.29, 1.82) is 0 Å². The molecule has 1 fully saturated rings. The number of aliphatic hydroxyl groups is 1. The van der Waals surface area contributed by atoms with Gasteiger partial charge in [0.05, 0.1) is 6.61 Å². The molecule has 26 heavy (non-hydrogen) atoms. The Morgan fingerprint density at radius 1 is 1.19 bits per heavy atom. The van der Waals surface area contributed by atoms with E-state index in [0.717, 1.165) is 5.56 Å². The first kappa shape index (κ1) is 21.3. The lowest BCUT2D eigenvalue weighted by Crippen LogP contribution is -2.46. The van der Waals surface area contributed by atoms with Gasteiger partial charge in [-0.2, -0.15) is 0 Å². The monoisotopic (exact) mass is 378 g/mol. The summed E-state index contributed by atoms with van der Waals surface area (Å²) in [6, 6.07) is 10.0. The molecule has 0 saturated carbocycles. The number of hydrogen-bond acceptors (Lipinski definition) is 4. The van der Waals surface area contributed by atoms with Crippen LogP contribution in [0.25, 0.3) is 6.08 Å². The molecule has 0 bridgehead atoms. The first-order chi connectivity index (χ1) is 11.9. The molecular formula is C21H34O4Si. The van der Waals surface area contributed by atoms with Crippen molar-refractivity contribution in [2.24, 2.45) is 0 Å². The zero-order valence-corrected chi connectivity index (χ0v) is 18.2. The zero-order valence-electron chi connectivity index (χ0n) is 17.2. The Labute approximate surface area is 159 Å². The minimum absolute atomic E-state index is 0.103. The molecule has 1 saturated heterocycles. The van der Waals surface area contributed by atoms with Crippen molar-refractivity contribution >= 4 is 14.4 Å². The molecule has 5 heteroatoms. The molecule has 4 nitrogen and oxygen atoms in total. The molecular weight excluding hydrogens is 344 g/mol. The van der Waals surface area contributed by atoms with Gasteiger partial charge in [-0.1, -0.05) is 63.3 Å². The maximum absolute atomic E-state index is 10.7. The van der Waals surface area contributed by atoms with E-state index in [1.807, 2.05) is 56.3 Å². The second-order valence-electron chi connectivity index (χ2n) is 8.97. The SMILES string of the molecule is CC1(C)O[C@H]([C@H](O)CO[Si](C)(C)C(C)(C)C)[C@@H](/C=C\c2ccccc2)O1. The van der Waals surface area contributed by atoms with Crippen LogP contribution in [0, 0.1) is 0 Å². The highest BCUT2D eigenvalue weighted by atomic mass is 28.4. The molecule has 0 aliphatic carbocycles. The lowest BCUT2D eigenvalue weighted by Gasteiger charge is -2.37. The number of ether oxygens (including phenoxy) is 2. The third-order valence-corrected chi connectivity index (χ3v) is 9.74. The normalized spacial score (nSPS) is 24.9. The van der Waals surface area contributed by atoms with Crippen molar-refractivity contribution < 1.29 is 19.0 Å². The van der Waals surface area contributed by atoms with Crippen molar-refractivity contribution in [1.82, 2.24) is 0 Å². The molecule has 0 unspecified atom stereocenters. The first-order valence-electron chi connectivity index (χ1n) is 9.32. The van der Waals surface area contributed by atoms with Gasteiger partial charge in [0.2, 0.25) is 0 Å². The average molecular weight is 379 g/mol. The molecule has 146 valence electrons. The number of aliphatic hydroxyl groups excluding tert-OH is 1. The Morgan fingerprint density at radius 2 is 1.81 bits per heavy atom. The topological polar surface area (TPSA) is 47.9 Å². The summed E-state index contributed by atoms with van der Waals surface area (Å²) in [6.45, 7) is 14.9. The Bertz CT molecular complexity index is 604. The summed E-state index contributed by atoms with van der Waals surface area (Å²) in [6.07, 6.45) is 2.46. The molecule has 1 aliphatic heterocycles. The van der Waals surface area contributed by atoms with Crippen molar-refractivity contribution in [2.75, 3.05) is 6.61 Å². The zero-order chi connectivity index (χ0) is 19.6. The predicted octanol–water partition coefficient (Wildman–Crippen LogP) is 4.60. The number of hydrogen-bond donors (Lipinski definition) is 1. The quantitative estimate of drug-likeness (QED) is 0.735. The Morgan fingerprint density at radius 3 is 2.38 bits per heavy atom. The van der Waals surface area contributed by atoms with Crippen LogP contribution in [0.4, 0.5) is 0 Å². The van der Waals surface area contributed by atoms with Crippen LogP contribution >= 0.6 is 0 Å². The molecule has 1 heterocycles. The minimum Gasteiger partial charge on any atom is -0.414 e. The maximum atomic E-state index is 10.7. The molecule has 0 spiro atoms. The molecule has 3 atom stereocenters. The van der Waals surface area contributed by atoms with Crippen molar-refractivity contribution in [3.05, 3.63) is 42.0 Å². The Kier molecular flexibility index (Phi) is 6.51. The van der Waals surface area contributed by atoms with Gasteiger partial charge in [0.25, 0.3) is 0 Å².